The SMILES string of the molecule is CC(C)(C)OC(=O)N1CC=C(c2cnc(COc3ccc(S(C)(=O)=O)cc3)cc2Cl)CC1. The summed E-state index contributed by atoms with van der Waals surface area (Å²) < 4.78 is 34.2. The number of amides is 1. The molecule has 7 nitrogen and oxygen atoms in total. The van der Waals surface area contributed by atoms with E-state index in [-0.39, 0.29) is 17.6 Å². The Hall–Kier alpha value is -2.58. The first-order valence-electron chi connectivity index (χ1n) is 10.2. The molecule has 3 rings (SSSR count). The molecule has 1 aliphatic heterocycles. The summed E-state index contributed by atoms with van der Waals surface area (Å²) in [5.74, 6) is 0.539. The van der Waals surface area contributed by atoms with Crippen LogP contribution in [0, 0.1) is 0 Å². The van der Waals surface area contributed by atoms with Gasteiger partial charge in [0.15, 0.2) is 9.84 Å². The predicted octanol–water partition coefficient (Wildman–Crippen LogP) is 4.74. The Balaban J connectivity index is 1.61. The molecule has 9 heteroatoms. The number of carbonyl (C=O) groups excluding carboxylic acids is 1. The Bertz CT molecular complexity index is 1120. The number of hydrogen-bond acceptors (Lipinski definition) is 6. The molecule has 0 N–H and O–H groups in total. The third-order valence-corrected chi connectivity index (χ3v) is 6.20. The molecule has 1 aliphatic rings. The molecule has 0 fully saturated rings. The van der Waals surface area contributed by atoms with Crippen molar-refractivity contribution in [3.8, 4) is 5.75 Å². The molecule has 0 bridgehead atoms. The number of hydrogen-bond donors (Lipinski definition) is 0. The van der Waals surface area contributed by atoms with Crippen molar-refractivity contribution < 1.29 is 22.7 Å². The number of carbonyl (C=O) groups is 1. The normalized spacial score (nSPS) is 14.7. The first kappa shape index (κ1) is 24.1. The second-order valence-electron chi connectivity index (χ2n) is 8.59. The summed E-state index contributed by atoms with van der Waals surface area (Å²) in [5.41, 5.74) is 1.99. The van der Waals surface area contributed by atoms with Gasteiger partial charge in [0.1, 0.15) is 18.0 Å². The third-order valence-electron chi connectivity index (χ3n) is 4.76. The van der Waals surface area contributed by atoms with Crippen LogP contribution in [0.15, 0.2) is 47.5 Å². The smallest absolute Gasteiger partial charge is 0.410 e. The molecule has 2 heterocycles. The zero-order valence-corrected chi connectivity index (χ0v) is 20.2. The van der Waals surface area contributed by atoms with E-state index in [1.807, 2.05) is 26.8 Å². The summed E-state index contributed by atoms with van der Waals surface area (Å²) in [6.07, 6.45) is 5.17. The van der Waals surface area contributed by atoms with Crippen LogP contribution in [-0.4, -0.2) is 49.3 Å². The first-order valence-corrected chi connectivity index (χ1v) is 12.4. The van der Waals surface area contributed by atoms with Crippen molar-refractivity contribution in [3.05, 3.63) is 58.9 Å². The average Bonchev–Trinajstić information content (AvgIpc) is 2.71. The molecule has 2 aromatic rings. The predicted molar refractivity (Wildman–Crippen MR) is 124 cm³/mol. The van der Waals surface area contributed by atoms with Gasteiger partial charge in [-0.1, -0.05) is 17.7 Å². The number of rotatable bonds is 5. The van der Waals surface area contributed by atoms with Crippen molar-refractivity contribution in [2.75, 3.05) is 19.3 Å². The van der Waals surface area contributed by atoms with Gasteiger partial charge >= 0.3 is 6.09 Å². The lowest BCUT2D eigenvalue weighted by molar-refractivity contribution is 0.0270. The van der Waals surface area contributed by atoms with Gasteiger partial charge in [-0.15, -0.1) is 0 Å². The van der Waals surface area contributed by atoms with Gasteiger partial charge < -0.3 is 14.4 Å². The standard InChI is InChI=1S/C23H27ClN2O5S/c1-23(2,3)31-22(27)26-11-9-16(10-12-26)20-14-25-17(13-21(20)24)15-30-18-5-7-19(8-6-18)32(4,28)29/h5-9,13-14H,10-12,15H2,1-4H3. The maximum atomic E-state index is 12.2. The van der Waals surface area contributed by atoms with Gasteiger partial charge in [-0.05, 0) is 63.1 Å². The van der Waals surface area contributed by atoms with E-state index in [0.29, 0.717) is 36.0 Å². The van der Waals surface area contributed by atoms with Crippen LogP contribution < -0.4 is 4.74 Å². The fourth-order valence-electron chi connectivity index (χ4n) is 3.13. The van der Waals surface area contributed by atoms with Crippen molar-refractivity contribution in [1.82, 2.24) is 9.88 Å². The molecule has 0 aliphatic carbocycles. The molecular weight excluding hydrogens is 452 g/mol. The Morgan fingerprint density at radius 3 is 2.44 bits per heavy atom. The summed E-state index contributed by atoms with van der Waals surface area (Å²) >= 11 is 6.49. The number of ether oxygens (including phenoxy) is 2. The van der Waals surface area contributed by atoms with Crippen LogP contribution in [0.4, 0.5) is 4.79 Å². The van der Waals surface area contributed by atoms with Gasteiger partial charge in [-0.2, -0.15) is 0 Å². The Kier molecular flexibility index (Phi) is 7.15. The minimum atomic E-state index is -3.24. The molecule has 0 saturated carbocycles. The minimum Gasteiger partial charge on any atom is -0.487 e. The van der Waals surface area contributed by atoms with E-state index in [9.17, 15) is 13.2 Å². The number of aromatic nitrogens is 1. The molecule has 0 unspecified atom stereocenters. The van der Waals surface area contributed by atoms with E-state index < -0.39 is 15.4 Å². The van der Waals surface area contributed by atoms with Crippen molar-refractivity contribution in [2.24, 2.45) is 0 Å². The summed E-state index contributed by atoms with van der Waals surface area (Å²) in [4.78, 5) is 18.6. The molecule has 32 heavy (non-hydrogen) atoms. The van der Waals surface area contributed by atoms with Crippen LogP contribution in [-0.2, 0) is 21.2 Å². The highest BCUT2D eigenvalue weighted by molar-refractivity contribution is 7.90. The lowest BCUT2D eigenvalue weighted by atomic mass is 10.0. The average molecular weight is 479 g/mol. The number of nitrogens with zero attached hydrogens (tertiary/aromatic N) is 2. The van der Waals surface area contributed by atoms with Crippen LogP contribution in [0.25, 0.3) is 5.57 Å². The molecule has 1 aromatic carbocycles. The molecule has 1 amide bonds. The zero-order valence-electron chi connectivity index (χ0n) is 18.6. The monoisotopic (exact) mass is 478 g/mol. The van der Waals surface area contributed by atoms with Crippen molar-refractivity contribution in [2.45, 2.75) is 44.3 Å². The highest BCUT2D eigenvalue weighted by Crippen LogP contribution is 2.29. The Labute approximate surface area is 193 Å². The van der Waals surface area contributed by atoms with E-state index in [2.05, 4.69) is 4.98 Å². The van der Waals surface area contributed by atoms with Crippen LogP contribution in [0.1, 0.15) is 38.4 Å². The highest BCUT2D eigenvalue weighted by atomic mass is 35.5. The minimum absolute atomic E-state index is 0.198. The Morgan fingerprint density at radius 1 is 1.22 bits per heavy atom. The molecule has 172 valence electrons. The number of halogens is 1. The van der Waals surface area contributed by atoms with Crippen LogP contribution in [0.3, 0.4) is 0 Å². The van der Waals surface area contributed by atoms with Gasteiger partial charge in [0.25, 0.3) is 0 Å². The zero-order chi connectivity index (χ0) is 23.5. The molecule has 1 aromatic heterocycles. The molecule has 0 saturated heterocycles. The highest BCUT2D eigenvalue weighted by Gasteiger charge is 2.24. The largest absolute Gasteiger partial charge is 0.487 e. The number of sulfone groups is 1. The molecule has 0 spiro atoms. The molecular formula is C23H27ClN2O5S. The van der Waals surface area contributed by atoms with Crippen molar-refractivity contribution in [1.29, 1.82) is 0 Å². The van der Waals surface area contributed by atoms with Gasteiger partial charge in [-0.3, -0.25) is 4.98 Å². The molecule has 0 atom stereocenters. The van der Waals surface area contributed by atoms with E-state index in [0.717, 1.165) is 17.4 Å². The molecule has 0 radical (unpaired) electrons. The van der Waals surface area contributed by atoms with Crippen LogP contribution in [0.5, 0.6) is 5.75 Å². The van der Waals surface area contributed by atoms with Gasteiger partial charge in [-0.25, -0.2) is 13.2 Å². The second kappa shape index (κ2) is 9.50. The number of benzene rings is 1. The maximum Gasteiger partial charge on any atom is 0.410 e. The van der Waals surface area contributed by atoms with Gasteiger partial charge in [0.05, 0.1) is 15.6 Å². The fraction of sp³-hybridized carbons (Fsp3) is 0.391. The quantitative estimate of drug-likeness (QED) is 0.616. The third kappa shape index (κ3) is 6.46. The summed E-state index contributed by atoms with van der Waals surface area (Å²) in [6.45, 7) is 6.73. The summed E-state index contributed by atoms with van der Waals surface area (Å²) in [5, 5.41) is 0.558. The van der Waals surface area contributed by atoms with E-state index in [1.54, 1.807) is 29.3 Å². The first-order chi connectivity index (χ1) is 14.9. The Morgan fingerprint density at radius 2 is 1.91 bits per heavy atom. The van der Waals surface area contributed by atoms with Crippen LogP contribution in [0.2, 0.25) is 5.02 Å². The fourth-order valence-corrected chi connectivity index (χ4v) is 4.06. The second-order valence-corrected chi connectivity index (χ2v) is 11.0. The topological polar surface area (TPSA) is 85.8 Å². The van der Waals surface area contributed by atoms with Gasteiger partial charge in [0, 0.05) is 31.1 Å². The lowest BCUT2D eigenvalue weighted by Gasteiger charge is -2.29. The summed E-state index contributed by atoms with van der Waals surface area (Å²) in [6, 6.07) is 7.97. The number of pyridine rings is 1. The van der Waals surface area contributed by atoms with Crippen molar-refractivity contribution >= 4 is 33.1 Å². The lowest BCUT2D eigenvalue weighted by Crippen LogP contribution is -2.39. The van der Waals surface area contributed by atoms with E-state index >= 15 is 0 Å². The van der Waals surface area contributed by atoms with Crippen molar-refractivity contribution in [3.63, 3.8) is 0 Å². The maximum absolute atomic E-state index is 12.2. The van der Waals surface area contributed by atoms with E-state index in [4.69, 9.17) is 21.1 Å². The van der Waals surface area contributed by atoms with Gasteiger partial charge in [0.2, 0.25) is 0 Å². The summed E-state index contributed by atoms with van der Waals surface area (Å²) in [7, 11) is -3.24. The van der Waals surface area contributed by atoms with E-state index in [1.165, 1.54) is 12.1 Å². The van der Waals surface area contributed by atoms with Crippen LogP contribution >= 0.6 is 11.6 Å².